The maximum atomic E-state index is 15.6. The molecule has 2 aromatic carbocycles. The number of hydrogen-bond acceptors (Lipinski definition) is 15. The molecule has 44 heavy (non-hydrogen) atoms. The Balaban J connectivity index is 1.37. The van der Waals surface area contributed by atoms with Crippen molar-refractivity contribution in [2.75, 3.05) is 26.9 Å². The van der Waals surface area contributed by atoms with Gasteiger partial charge in [0.15, 0.2) is 18.1 Å². The molecule has 1 aromatic heterocycles. The number of para-hydroxylation sites is 1. The van der Waals surface area contributed by atoms with Crippen LogP contribution in [0.5, 0.6) is 29.0 Å². The molecular weight excluding hydrogens is 611 g/mol. The van der Waals surface area contributed by atoms with Crippen LogP contribution in [0.1, 0.15) is 5.56 Å². The molecule has 0 unspecified atom stereocenters. The predicted octanol–water partition coefficient (Wildman–Crippen LogP) is 1.74. The number of benzene rings is 2. The van der Waals surface area contributed by atoms with Crippen LogP contribution in [0, 0.1) is 5.82 Å². The summed E-state index contributed by atoms with van der Waals surface area (Å²) in [4.78, 5) is 17.7. The summed E-state index contributed by atoms with van der Waals surface area (Å²) in [5.41, 5.74) is 0.442. The molecule has 0 amide bonds. The molecule has 5 rings (SSSR count). The van der Waals surface area contributed by atoms with Crippen molar-refractivity contribution in [2.45, 2.75) is 30.7 Å². The highest BCUT2D eigenvalue weighted by Crippen LogP contribution is 2.39. The van der Waals surface area contributed by atoms with Crippen LogP contribution in [0.3, 0.4) is 0 Å². The van der Waals surface area contributed by atoms with Crippen LogP contribution in [0.25, 0.3) is 0 Å². The van der Waals surface area contributed by atoms with E-state index in [9.17, 15) is 20.4 Å². The highest BCUT2D eigenvalue weighted by atomic mass is 35.5. The number of ether oxygens (including phenoxy) is 5. The smallest absolute Gasteiger partial charge is 0.280 e. The van der Waals surface area contributed by atoms with E-state index in [1.807, 2.05) is 0 Å². The molecule has 4 N–H and O–H groups in total. The number of aliphatic hydroxyl groups excluding tert-OH is 4. The van der Waals surface area contributed by atoms with Crippen molar-refractivity contribution in [3.8, 4) is 29.0 Å². The van der Waals surface area contributed by atoms with Gasteiger partial charge in [-0.25, -0.2) is 0 Å². The average molecular weight is 637 g/mol. The summed E-state index contributed by atoms with van der Waals surface area (Å²) in [5.74, 6) is -2.21. The second kappa shape index (κ2) is 14.0. The molecule has 0 radical (unpaired) electrons. The number of rotatable bonds is 10. The van der Waals surface area contributed by atoms with E-state index < -0.39 is 54.9 Å². The second-order valence-corrected chi connectivity index (χ2v) is 9.46. The molecule has 5 atom stereocenters. The summed E-state index contributed by atoms with van der Waals surface area (Å²) in [5, 5.41) is 47.4. The maximum absolute atomic E-state index is 15.6. The van der Waals surface area contributed by atoms with E-state index in [-0.39, 0.29) is 47.1 Å². The van der Waals surface area contributed by atoms with Gasteiger partial charge in [0, 0.05) is 0 Å². The normalized spacial score (nSPS) is 23.6. The van der Waals surface area contributed by atoms with Crippen molar-refractivity contribution < 1.29 is 58.2 Å². The van der Waals surface area contributed by atoms with E-state index in [1.54, 1.807) is 18.2 Å². The van der Waals surface area contributed by atoms with E-state index in [4.69, 9.17) is 45.0 Å². The Kier molecular flexibility index (Phi) is 9.89. The third-order valence-electron chi connectivity index (χ3n) is 6.25. The highest BCUT2D eigenvalue weighted by molar-refractivity contribution is 6.45. The minimum atomic E-state index is -1.69. The molecule has 0 aliphatic carbocycles. The highest BCUT2D eigenvalue weighted by Gasteiger charge is 2.45. The summed E-state index contributed by atoms with van der Waals surface area (Å²) in [7, 11) is 1.33. The van der Waals surface area contributed by atoms with Gasteiger partial charge >= 0.3 is 0 Å². The van der Waals surface area contributed by atoms with Crippen LogP contribution < -0.4 is 14.2 Å². The van der Waals surface area contributed by atoms with Crippen molar-refractivity contribution in [3.63, 3.8) is 0 Å². The largest absolute Gasteiger partial charge is 0.470 e. The van der Waals surface area contributed by atoms with Gasteiger partial charge in [-0.05, 0) is 29.4 Å². The fourth-order valence-corrected chi connectivity index (χ4v) is 4.31. The lowest BCUT2D eigenvalue weighted by molar-refractivity contribution is -0.277. The predicted molar refractivity (Wildman–Crippen MR) is 147 cm³/mol. The molecule has 0 saturated carbocycles. The molecule has 3 heterocycles. The number of aliphatic hydroxyl groups is 4. The van der Waals surface area contributed by atoms with Gasteiger partial charge in [-0.3, -0.25) is 0 Å². The lowest BCUT2D eigenvalue weighted by Gasteiger charge is -2.39. The number of oxime groups is 2. The molecule has 1 fully saturated rings. The van der Waals surface area contributed by atoms with Crippen LogP contribution in [0.15, 0.2) is 59.1 Å². The zero-order valence-electron chi connectivity index (χ0n) is 22.8. The number of halogens is 2. The average Bonchev–Trinajstić information content (AvgIpc) is 3.04. The lowest BCUT2D eigenvalue weighted by Crippen LogP contribution is -2.60. The first-order valence-electron chi connectivity index (χ1n) is 13.0. The Morgan fingerprint density at radius 2 is 1.68 bits per heavy atom. The van der Waals surface area contributed by atoms with E-state index in [0.717, 1.165) is 6.33 Å². The molecule has 2 aliphatic heterocycles. The first-order chi connectivity index (χ1) is 21.3. The van der Waals surface area contributed by atoms with Crippen molar-refractivity contribution in [1.29, 1.82) is 0 Å². The van der Waals surface area contributed by atoms with Crippen LogP contribution in [0.4, 0.5) is 4.39 Å². The molecule has 3 aromatic rings. The van der Waals surface area contributed by atoms with E-state index in [0.29, 0.717) is 5.56 Å². The summed E-state index contributed by atoms with van der Waals surface area (Å²) < 4.78 is 43.5. The molecule has 1 saturated heterocycles. The van der Waals surface area contributed by atoms with Crippen molar-refractivity contribution in [1.82, 2.24) is 9.97 Å². The third kappa shape index (κ3) is 6.59. The summed E-state index contributed by atoms with van der Waals surface area (Å²) >= 11 is 6.44. The van der Waals surface area contributed by atoms with Gasteiger partial charge in [-0.2, -0.15) is 14.4 Å². The number of hydrogen-bond donors (Lipinski definition) is 4. The zero-order chi connectivity index (χ0) is 31.2. The van der Waals surface area contributed by atoms with Crippen LogP contribution in [0.2, 0.25) is 5.02 Å². The van der Waals surface area contributed by atoms with Gasteiger partial charge in [0.2, 0.25) is 12.1 Å². The lowest BCUT2D eigenvalue weighted by atomic mass is 9.99. The van der Waals surface area contributed by atoms with Crippen molar-refractivity contribution in [2.24, 2.45) is 10.3 Å². The molecule has 234 valence electrons. The fraction of sp³-hybridized carbons (Fsp3) is 0.333. The van der Waals surface area contributed by atoms with E-state index in [2.05, 4.69) is 20.3 Å². The summed E-state index contributed by atoms with van der Waals surface area (Å²) in [6.45, 7) is -0.173. The summed E-state index contributed by atoms with van der Waals surface area (Å²) in [6, 6.07) is 10.7. The Bertz CT molecular complexity index is 1530. The Morgan fingerprint density at radius 3 is 2.39 bits per heavy atom. The van der Waals surface area contributed by atoms with Crippen LogP contribution in [-0.2, 0) is 19.1 Å². The maximum Gasteiger partial charge on any atom is 0.280 e. The standard InChI is InChI=1S/C27H26ClFN4O11/c1-38-32-20(26-33-40-10-9-39-26)13-5-2-3-6-14(13)41-24-19(29)25(31-12-30-24)42-15-7-4-8-16(18(15)28)43-27-23(37)22(36)21(35)17(11-34)44-27/h2-8,12,17,21-23,27,34-37H,9-11H2,1H3/b32-20+/t17-,21-,22+,23-,27-/m1/s1. The van der Waals surface area contributed by atoms with Gasteiger partial charge in [-0.15, -0.1) is 0 Å². The first kappa shape index (κ1) is 31.1. The van der Waals surface area contributed by atoms with Gasteiger partial charge in [0.05, 0.1) is 12.2 Å². The molecule has 2 aliphatic rings. The second-order valence-electron chi connectivity index (χ2n) is 9.08. The van der Waals surface area contributed by atoms with Crippen molar-refractivity contribution in [3.05, 3.63) is 65.2 Å². The van der Waals surface area contributed by atoms with Crippen LogP contribution in [-0.4, -0.2) is 99.6 Å². The van der Waals surface area contributed by atoms with Gasteiger partial charge < -0.3 is 53.8 Å². The summed E-state index contributed by atoms with van der Waals surface area (Å²) in [6.07, 6.45) is -6.65. The monoisotopic (exact) mass is 636 g/mol. The first-order valence-corrected chi connectivity index (χ1v) is 13.4. The zero-order valence-corrected chi connectivity index (χ0v) is 23.6. The minimum absolute atomic E-state index is 0.0294. The van der Waals surface area contributed by atoms with Gasteiger partial charge in [-0.1, -0.05) is 35.0 Å². The fourth-order valence-electron chi connectivity index (χ4n) is 4.10. The number of nitrogens with zero attached hydrogens (tertiary/aromatic N) is 4. The molecule has 15 nitrogen and oxygen atoms in total. The number of aromatic nitrogens is 2. The van der Waals surface area contributed by atoms with Gasteiger partial charge in [0.25, 0.3) is 17.7 Å². The Labute approximate surface area is 253 Å². The minimum Gasteiger partial charge on any atom is -0.470 e. The van der Waals surface area contributed by atoms with Crippen molar-refractivity contribution >= 4 is 23.2 Å². The third-order valence-corrected chi connectivity index (χ3v) is 6.62. The molecule has 0 spiro atoms. The Morgan fingerprint density at radius 1 is 0.977 bits per heavy atom. The van der Waals surface area contributed by atoms with E-state index >= 15 is 4.39 Å². The van der Waals surface area contributed by atoms with E-state index in [1.165, 1.54) is 31.4 Å². The molecule has 0 bridgehead atoms. The van der Waals surface area contributed by atoms with Gasteiger partial charge in [0.1, 0.15) is 61.0 Å². The van der Waals surface area contributed by atoms with Crippen LogP contribution >= 0.6 is 11.6 Å². The quantitative estimate of drug-likeness (QED) is 0.186. The Hall–Kier alpha value is -4.32. The molecule has 17 heteroatoms. The topological polar surface area (TPSA) is 196 Å². The molecular formula is C27H26ClFN4O11. The SMILES string of the molecule is CO/N=C(/C1=NOCCO1)c1ccccc1Oc1ncnc(Oc2cccc(O[C@@H]3O[C@H](CO)[C@@H](O)[C@H](O)[C@H]3O)c2Cl)c1F.